The Morgan fingerprint density at radius 1 is 0.159 bits per heavy atom. The van der Waals surface area contributed by atoms with Crippen molar-refractivity contribution in [3.8, 4) is 0 Å². The van der Waals surface area contributed by atoms with E-state index in [1.54, 1.807) is 0 Å². The maximum absolute atomic E-state index is 2.38. The summed E-state index contributed by atoms with van der Waals surface area (Å²) in [6, 6.07) is 119. The first-order chi connectivity index (χ1) is 54.5. The molecule has 22 rings (SSSR count). The van der Waals surface area contributed by atoms with E-state index in [2.05, 4.69) is 457 Å². The molecule has 0 aliphatic carbocycles. The quantitative estimate of drug-likeness (QED) is 0.150. The summed E-state index contributed by atoms with van der Waals surface area (Å²) < 4.78 is 0. The number of para-hydroxylation sites is 3. The molecule has 0 spiro atoms. The predicted octanol–water partition coefficient (Wildman–Crippen LogP) is 28.5. The molecule has 0 bridgehead atoms. The van der Waals surface area contributed by atoms with Crippen molar-refractivity contribution in [2.75, 3.05) is 59.7 Å². The van der Waals surface area contributed by atoms with Crippen LogP contribution in [0.2, 0.25) is 0 Å². The second kappa shape index (κ2) is 27.2. The topological polar surface area (TPSA) is 16.2 Å². The Kier molecular flexibility index (Phi) is 17.4. The maximum Gasteiger partial charge on any atom is 0.0529 e. The third kappa shape index (κ3) is 11.5. The van der Waals surface area contributed by atoms with Gasteiger partial charge in [0.2, 0.25) is 0 Å². The van der Waals surface area contributed by atoms with Gasteiger partial charge in [-0.15, -0.1) is 0 Å². The number of rotatable bonds is 0. The van der Waals surface area contributed by atoms with Gasteiger partial charge < -0.3 is 24.5 Å². The van der Waals surface area contributed by atoms with Crippen LogP contribution in [0.1, 0.15) is 125 Å². The van der Waals surface area contributed by atoms with Gasteiger partial charge in [-0.3, -0.25) is 0 Å². The summed E-state index contributed by atoms with van der Waals surface area (Å²) in [7, 11) is 10.9. The lowest BCUT2D eigenvalue weighted by atomic mass is 9.71. The summed E-state index contributed by atoms with van der Waals surface area (Å²) in [6.07, 6.45) is 0. The molecule has 0 radical (unpaired) electrons. The van der Waals surface area contributed by atoms with Crippen molar-refractivity contribution in [1.82, 2.24) is 0 Å². The molecule has 17 aromatic rings. The van der Waals surface area contributed by atoms with Gasteiger partial charge in [-0.1, -0.05) is 342 Å². The zero-order chi connectivity index (χ0) is 78.2. The lowest BCUT2D eigenvalue weighted by Crippen LogP contribution is -2.31. The number of hydrogen-bond acceptors (Lipinski definition) is 5. The van der Waals surface area contributed by atoms with Crippen molar-refractivity contribution in [2.45, 2.75) is 96.3 Å². The molecule has 0 fully saturated rings. The molecule has 5 aliphatic rings. The summed E-state index contributed by atoms with van der Waals surface area (Å²) >= 11 is 0. The molecular weight excluding hydrogens is 1370 g/mol. The first-order valence-electron chi connectivity index (χ1n) is 40.1. The Labute approximate surface area is 667 Å². The molecule has 0 saturated carbocycles. The van der Waals surface area contributed by atoms with Gasteiger partial charge in [-0.25, -0.2) is 0 Å². The van der Waals surface area contributed by atoms with Crippen molar-refractivity contribution >= 4 is 132 Å². The van der Waals surface area contributed by atoms with Crippen LogP contribution in [0.5, 0.6) is 0 Å². The SMILES string of the molecule is CN1c2cc3ccccc3cc2C(C)(C)c2ccc3ccccc3c21.CN1c2ccc3ccccc3c2C(C)(C)c2ccc3ccccc3c21.CN1c2ccccc2C(C)(C)c2c1ccc1ccccc21.CN1c2ccccc2C(C)(C)c2cc3ccccc3cc21.CN1c2ccccc2C(C)(C)c2ccc3ccccc3c21. The fourth-order valence-electron chi connectivity index (χ4n) is 20.0. The Hall–Kier alpha value is -12.4. The minimum atomic E-state index is -0.0396. The molecule has 556 valence electrons. The zero-order valence-corrected chi connectivity index (χ0v) is 67.9. The Bertz CT molecular complexity index is 6560. The van der Waals surface area contributed by atoms with Crippen LogP contribution in [0.4, 0.5) is 56.9 Å². The molecule has 113 heavy (non-hydrogen) atoms. The van der Waals surface area contributed by atoms with Crippen LogP contribution in [-0.2, 0) is 27.1 Å². The van der Waals surface area contributed by atoms with Crippen molar-refractivity contribution in [3.63, 3.8) is 0 Å². The Morgan fingerprint density at radius 2 is 0.389 bits per heavy atom. The van der Waals surface area contributed by atoms with E-state index in [1.807, 2.05) is 0 Å². The molecule has 0 aromatic heterocycles. The molecule has 0 N–H and O–H groups in total. The Balaban J connectivity index is 0.0000000986. The van der Waals surface area contributed by atoms with Gasteiger partial charge in [0.15, 0.2) is 0 Å². The predicted molar refractivity (Wildman–Crippen MR) is 488 cm³/mol. The third-order valence-corrected chi connectivity index (χ3v) is 26.1. The van der Waals surface area contributed by atoms with Gasteiger partial charge in [0.05, 0.1) is 17.1 Å². The van der Waals surface area contributed by atoms with Crippen LogP contribution in [0.3, 0.4) is 0 Å². The van der Waals surface area contributed by atoms with Crippen LogP contribution < -0.4 is 24.5 Å². The van der Waals surface area contributed by atoms with Crippen molar-refractivity contribution in [2.24, 2.45) is 0 Å². The first-order valence-corrected chi connectivity index (χ1v) is 40.1. The standard InChI is InChI=1S/2C24H21N.3C20H19N/c1-24(2)20-14-12-17-9-5-7-11-19(17)23(20)25(3)21-15-13-16-8-4-6-10-18(16)22(21)24;1-24(2)20-13-12-16-8-6-7-11-19(16)23(20)25(3)22-15-18-10-5-4-9-17(18)14-21(22)24;1-20(2)16-10-6-7-11-18(16)21(3)19-13-15-9-5-4-8-14(15)12-17(19)20;1-20(2)16-10-6-7-11-18(16)21(3)19-15-9-5-4-8-14(15)12-13-17(19)20;1-20(2)16-10-6-7-11-17(16)21(3)18-13-12-14-8-4-5-9-15(14)19(18)20/h2*4-15H,1-3H3;3*4-13H,1-3H3. The van der Waals surface area contributed by atoms with Gasteiger partial charge in [0.25, 0.3) is 0 Å². The van der Waals surface area contributed by atoms with E-state index in [0.29, 0.717) is 0 Å². The number of nitrogens with zero attached hydrogens (tertiary/aromatic N) is 5. The average Bonchev–Trinajstić information content (AvgIpc) is 0.723. The summed E-state index contributed by atoms with van der Waals surface area (Å²) in [5.74, 6) is 0. The summed E-state index contributed by atoms with van der Waals surface area (Å²) in [4.78, 5) is 11.7. The van der Waals surface area contributed by atoms with Crippen LogP contribution in [-0.4, -0.2) is 35.2 Å². The number of anilines is 10. The molecule has 0 atom stereocenters. The van der Waals surface area contributed by atoms with Gasteiger partial charge in [0.1, 0.15) is 0 Å². The van der Waals surface area contributed by atoms with Crippen molar-refractivity contribution < 1.29 is 0 Å². The number of fused-ring (bicyclic) bond motifs is 22. The molecule has 5 aliphatic heterocycles. The summed E-state index contributed by atoms with van der Waals surface area (Å²) in [5, 5.41) is 18.5. The number of benzene rings is 17. The highest BCUT2D eigenvalue weighted by atomic mass is 15.1. The second-order valence-electron chi connectivity index (χ2n) is 34.3. The molecule has 0 saturated heterocycles. The fourth-order valence-corrected chi connectivity index (χ4v) is 20.0. The maximum atomic E-state index is 2.38. The van der Waals surface area contributed by atoms with E-state index >= 15 is 0 Å². The van der Waals surface area contributed by atoms with Crippen LogP contribution in [0.25, 0.3) is 75.4 Å². The van der Waals surface area contributed by atoms with Crippen LogP contribution in [0, 0.1) is 0 Å². The zero-order valence-electron chi connectivity index (χ0n) is 67.9. The lowest BCUT2D eigenvalue weighted by molar-refractivity contribution is 0.630. The smallest absolute Gasteiger partial charge is 0.0529 e. The first kappa shape index (κ1) is 72.1. The third-order valence-electron chi connectivity index (χ3n) is 26.1. The molecule has 5 heteroatoms. The van der Waals surface area contributed by atoms with Crippen molar-refractivity contribution in [1.29, 1.82) is 0 Å². The Morgan fingerprint density at radius 3 is 0.788 bits per heavy atom. The highest BCUT2D eigenvalue weighted by molar-refractivity contribution is 6.06. The van der Waals surface area contributed by atoms with Crippen LogP contribution in [0.15, 0.2) is 328 Å². The molecular formula is C108H99N5. The molecule has 17 aromatic carbocycles. The summed E-state index contributed by atoms with van der Waals surface area (Å²) in [6.45, 7) is 23.4. The summed E-state index contributed by atoms with van der Waals surface area (Å²) in [5.41, 5.74) is 27.3. The van der Waals surface area contributed by atoms with E-state index in [4.69, 9.17) is 0 Å². The van der Waals surface area contributed by atoms with E-state index in [0.717, 1.165) is 0 Å². The minimum Gasteiger partial charge on any atom is -0.344 e. The van der Waals surface area contributed by atoms with Crippen molar-refractivity contribution in [3.05, 3.63) is 383 Å². The lowest BCUT2D eigenvalue weighted by Gasteiger charge is -2.42. The minimum absolute atomic E-state index is 0.0132. The van der Waals surface area contributed by atoms with E-state index in [-0.39, 0.29) is 27.1 Å². The van der Waals surface area contributed by atoms with Gasteiger partial charge in [-0.2, -0.15) is 0 Å². The normalized spacial score (nSPS) is 15.5. The molecule has 5 nitrogen and oxygen atoms in total. The van der Waals surface area contributed by atoms with Gasteiger partial charge in [0, 0.05) is 118 Å². The molecule has 0 unspecified atom stereocenters. The fraction of sp³-hybridized carbons (Fsp3) is 0.185. The van der Waals surface area contributed by atoms with E-state index in [9.17, 15) is 0 Å². The molecule has 5 heterocycles. The average molecular weight is 1470 g/mol. The number of hydrogen-bond donors (Lipinski definition) is 0. The highest BCUT2D eigenvalue weighted by Gasteiger charge is 2.42. The highest BCUT2D eigenvalue weighted by Crippen LogP contribution is 2.57. The largest absolute Gasteiger partial charge is 0.344 e. The van der Waals surface area contributed by atoms with E-state index < -0.39 is 0 Å². The van der Waals surface area contributed by atoms with E-state index in [1.165, 1.54) is 188 Å². The monoisotopic (exact) mass is 1470 g/mol. The molecule has 0 amide bonds. The van der Waals surface area contributed by atoms with Gasteiger partial charge >= 0.3 is 0 Å². The second-order valence-corrected chi connectivity index (χ2v) is 34.3. The van der Waals surface area contributed by atoms with Gasteiger partial charge in [-0.05, 0) is 169 Å². The van der Waals surface area contributed by atoms with Crippen LogP contribution >= 0.6 is 0 Å².